The number of likely N-dealkylation sites (N-methyl/N-ethyl adjacent to an activating group) is 3. The number of aliphatic hydroxyl groups excluding tert-OH is 1. The van der Waals surface area contributed by atoms with Gasteiger partial charge in [-0.2, -0.15) is 0 Å². The van der Waals surface area contributed by atoms with E-state index in [0.717, 1.165) is 13.1 Å². The molecule has 39 heavy (non-hydrogen) atoms. The number of nitrogens with one attached hydrogen (secondary N) is 2. The number of nitrogens with zero attached hydrogens (tertiary/aromatic N) is 4. The molecule has 0 spiro atoms. The molecule has 0 aromatic heterocycles. The van der Waals surface area contributed by atoms with Crippen LogP contribution in [0.15, 0.2) is 0 Å². The fraction of sp³-hybridized carbons (Fsp3) is 0.840. The van der Waals surface area contributed by atoms with E-state index < -0.39 is 47.8 Å². The number of aliphatic carboxylic acids is 1. The molecule has 1 fully saturated rings. The Balaban J connectivity index is 2.39. The molecule has 226 valence electrons. The van der Waals surface area contributed by atoms with Gasteiger partial charge in [-0.25, -0.2) is 9.59 Å². The van der Waals surface area contributed by atoms with Crippen molar-refractivity contribution in [3.05, 3.63) is 0 Å². The minimum Gasteiger partial charge on any atom is -0.480 e. The summed E-state index contributed by atoms with van der Waals surface area (Å²) in [5.41, 5.74) is 4.94. The summed E-state index contributed by atoms with van der Waals surface area (Å²) in [6.45, 7) is 9.78. The van der Waals surface area contributed by atoms with E-state index in [0.29, 0.717) is 39.0 Å². The van der Waals surface area contributed by atoms with Crippen molar-refractivity contribution in [3.63, 3.8) is 0 Å². The van der Waals surface area contributed by atoms with Gasteiger partial charge in [0.15, 0.2) is 0 Å². The third-order valence-electron chi connectivity index (χ3n) is 6.23. The number of carboxylic acids is 1. The van der Waals surface area contributed by atoms with Crippen LogP contribution in [0.4, 0.5) is 4.79 Å². The van der Waals surface area contributed by atoms with Crippen molar-refractivity contribution >= 4 is 23.9 Å². The van der Waals surface area contributed by atoms with Gasteiger partial charge in [0.2, 0.25) is 11.8 Å². The van der Waals surface area contributed by atoms with Gasteiger partial charge in [0.1, 0.15) is 23.9 Å². The van der Waals surface area contributed by atoms with Crippen LogP contribution in [-0.4, -0.2) is 151 Å². The van der Waals surface area contributed by atoms with Crippen molar-refractivity contribution in [3.8, 4) is 0 Å². The number of ether oxygens (including phenoxy) is 1. The molecule has 1 aliphatic rings. The summed E-state index contributed by atoms with van der Waals surface area (Å²) in [6.07, 6.45) is -1.06. The second-order valence-electron chi connectivity index (χ2n) is 11.2. The molecule has 1 heterocycles. The number of amides is 3. The lowest BCUT2D eigenvalue weighted by atomic mass is 10.1. The highest BCUT2D eigenvalue weighted by Gasteiger charge is 2.38. The van der Waals surface area contributed by atoms with Crippen LogP contribution in [0.2, 0.25) is 0 Å². The van der Waals surface area contributed by atoms with Crippen molar-refractivity contribution in [1.82, 2.24) is 30.2 Å². The minimum atomic E-state index is -1.33. The van der Waals surface area contributed by atoms with Gasteiger partial charge in [-0.15, -0.1) is 0 Å². The van der Waals surface area contributed by atoms with E-state index in [2.05, 4.69) is 20.4 Å². The lowest BCUT2D eigenvalue weighted by molar-refractivity contribution is -0.149. The Hall–Kier alpha value is -2.52. The van der Waals surface area contributed by atoms with Crippen LogP contribution in [0.1, 0.15) is 40.0 Å². The average molecular weight is 560 g/mol. The number of carbonyl (C=O) groups excluding carboxylic acids is 3. The predicted octanol–water partition coefficient (Wildman–Crippen LogP) is -1.47. The third kappa shape index (κ3) is 14.4. The molecule has 14 heteroatoms. The van der Waals surface area contributed by atoms with Gasteiger partial charge in [0.05, 0.1) is 6.54 Å². The average Bonchev–Trinajstić information content (AvgIpc) is 3.29. The summed E-state index contributed by atoms with van der Waals surface area (Å²) in [6, 6.07) is -2.04. The third-order valence-corrected chi connectivity index (χ3v) is 6.23. The molecular formula is C25H49N7O7. The Bertz CT molecular complexity index is 806. The van der Waals surface area contributed by atoms with Crippen LogP contribution in [0.5, 0.6) is 0 Å². The Labute approximate surface area is 231 Å². The molecule has 1 saturated heterocycles. The Morgan fingerprint density at radius 3 is 2.13 bits per heavy atom. The molecule has 6 N–H and O–H groups in total. The molecule has 1 unspecified atom stereocenters. The second-order valence-corrected chi connectivity index (χ2v) is 11.2. The van der Waals surface area contributed by atoms with Crippen LogP contribution >= 0.6 is 0 Å². The van der Waals surface area contributed by atoms with Gasteiger partial charge < -0.3 is 46.0 Å². The van der Waals surface area contributed by atoms with Crippen LogP contribution < -0.4 is 16.4 Å². The zero-order valence-corrected chi connectivity index (χ0v) is 24.3. The number of rotatable bonds is 16. The quantitative estimate of drug-likeness (QED) is 0.139. The number of hydrogen-bond acceptors (Lipinski definition) is 10. The first-order valence-corrected chi connectivity index (χ1v) is 13.4. The second kappa shape index (κ2) is 16.6. The Kier molecular flexibility index (Phi) is 14.6. The topological polar surface area (TPSA) is 181 Å². The largest absolute Gasteiger partial charge is 0.480 e. The molecule has 3 atom stereocenters. The van der Waals surface area contributed by atoms with Crippen molar-refractivity contribution in [2.24, 2.45) is 5.73 Å². The molecule has 0 saturated carbocycles. The van der Waals surface area contributed by atoms with Gasteiger partial charge in [0, 0.05) is 52.2 Å². The molecular weight excluding hydrogens is 510 g/mol. The van der Waals surface area contributed by atoms with Crippen LogP contribution in [-0.2, 0) is 19.1 Å². The Morgan fingerprint density at radius 2 is 1.59 bits per heavy atom. The number of carbonyl (C=O) groups is 4. The summed E-state index contributed by atoms with van der Waals surface area (Å²) >= 11 is 0. The molecule has 1 rings (SSSR count). The summed E-state index contributed by atoms with van der Waals surface area (Å²) in [5, 5.41) is 24.4. The maximum atomic E-state index is 12.9. The first kappa shape index (κ1) is 34.5. The first-order valence-electron chi connectivity index (χ1n) is 13.4. The van der Waals surface area contributed by atoms with E-state index in [4.69, 9.17) is 10.5 Å². The summed E-state index contributed by atoms with van der Waals surface area (Å²) in [7, 11) is 5.74. The van der Waals surface area contributed by atoms with Crippen LogP contribution in [0, 0.1) is 0 Å². The highest BCUT2D eigenvalue weighted by Crippen LogP contribution is 2.19. The number of likely N-dealkylation sites (tertiary alicyclic amines) is 1. The van der Waals surface area contributed by atoms with Gasteiger partial charge in [-0.3, -0.25) is 14.5 Å². The number of alkyl carbamates (subject to hydrolysis) is 1. The maximum Gasteiger partial charge on any atom is 0.407 e. The monoisotopic (exact) mass is 559 g/mol. The van der Waals surface area contributed by atoms with E-state index in [1.54, 1.807) is 7.05 Å². The SMILES string of the molecule is CN(CCNC(=O)OC(C)(C)C)CCN(C)CCN(C)CC(=O)N[C@@H](CC(N)O)C(=O)N1CCC[C@H]1C(=O)O. The van der Waals surface area contributed by atoms with E-state index >= 15 is 0 Å². The summed E-state index contributed by atoms with van der Waals surface area (Å²) < 4.78 is 5.22. The Morgan fingerprint density at radius 1 is 1.03 bits per heavy atom. The standard InChI is InChI=1S/C25H49N7O7/c1-25(2,3)39-24(38)27-9-11-29(4)12-13-30(5)14-15-31(6)17-21(34)28-18(16-20(26)33)22(35)32-10-7-8-19(32)23(36)37/h18-20,33H,7-17,26H2,1-6H3,(H,27,38)(H,28,34)(H,36,37)/t18-,19-,20?/m0/s1. The fourth-order valence-electron chi connectivity index (χ4n) is 4.08. The molecule has 3 amide bonds. The van der Waals surface area contributed by atoms with Gasteiger partial charge in [-0.1, -0.05) is 0 Å². The number of nitrogens with two attached hydrogens (primary N) is 1. The molecule has 1 aliphatic heterocycles. The molecule has 0 aromatic carbocycles. The molecule has 0 aliphatic carbocycles. The molecule has 0 radical (unpaired) electrons. The number of aliphatic hydroxyl groups is 1. The van der Waals surface area contributed by atoms with E-state index in [1.807, 2.05) is 39.8 Å². The van der Waals surface area contributed by atoms with E-state index in [1.165, 1.54) is 4.90 Å². The molecule has 0 bridgehead atoms. The predicted molar refractivity (Wildman–Crippen MR) is 146 cm³/mol. The number of hydrogen-bond donors (Lipinski definition) is 5. The van der Waals surface area contributed by atoms with E-state index in [9.17, 15) is 29.4 Å². The van der Waals surface area contributed by atoms with Crippen molar-refractivity contribution in [2.45, 2.75) is 63.9 Å². The highest BCUT2D eigenvalue weighted by molar-refractivity contribution is 5.91. The first-order chi connectivity index (χ1) is 18.1. The zero-order chi connectivity index (χ0) is 29.8. The lowest BCUT2D eigenvalue weighted by Crippen LogP contribution is -2.54. The summed E-state index contributed by atoms with van der Waals surface area (Å²) in [5.74, 6) is -2.06. The molecule has 0 aromatic rings. The highest BCUT2D eigenvalue weighted by atomic mass is 16.6. The van der Waals surface area contributed by atoms with Crippen molar-refractivity contribution in [1.29, 1.82) is 0 Å². The van der Waals surface area contributed by atoms with Crippen LogP contribution in [0.25, 0.3) is 0 Å². The van der Waals surface area contributed by atoms with Crippen molar-refractivity contribution in [2.75, 3.05) is 73.5 Å². The zero-order valence-electron chi connectivity index (χ0n) is 24.3. The van der Waals surface area contributed by atoms with Gasteiger partial charge >= 0.3 is 12.1 Å². The minimum absolute atomic E-state index is 0.0247. The van der Waals surface area contributed by atoms with E-state index in [-0.39, 0.29) is 19.5 Å². The maximum absolute atomic E-state index is 12.9. The normalized spacial score (nSPS) is 17.4. The lowest BCUT2D eigenvalue weighted by Gasteiger charge is -2.28. The van der Waals surface area contributed by atoms with Gasteiger partial charge in [-0.05, 0) is 54.8 Å². The fourth-order valence-corrected chi connectivity index (χ4v) is 4.08. The smallest absolute Gasteiger partial charge is 0.407 e. The van der Waals surface area contributed by atoms with Gasteiger partial charge in [0.25, 0.3) is 0 Å². The molecule has 14 nitrogen and oxygen atoms in total. The summed E-state index contributed by atoms with van der Waals surface area (Å²) in [4.78, 5) is 56.0. The van der Waals surface area contributed by atoms with Crippen molar-refractivity contribution < 1.29 is 34.1 Å². The number of carboxylic acid groups (broad SMARTS) is 1. The van der Waals surface area contributed by atoms with Crippen LogP contribution in [0.3, 0.4) is 0 Å².